The molecule has 152 valence electrons. The van der Waals surface area contributed by atoms with Gasteiger partial charge in [0.2, 0.25) is 6.86 Å². The number of halogens is 2. The van der Waals surface area contributed by atoms with Gasteiger partial charge in [-0.3, -0.25) is 14.0 Å². The van der Waals surface area contributed by atoms with Gasteiger partial charge in [0.05, 0.1) is 6.20 Å². The third-order valence-electron chi connectivity index (χ3n) is 4.41. The molecular weight excluding hydrogens is 392 g/mol. The van der Waals surface area contributed by atoms with E-state index in [4.69, 9.17) is 9.47 Å². The highest BCUT2D eigenvalue weighted by Crippen LogP contribution is 2.32. The topological polar surface area (TPSA) is 58.3 Å². The Morgan fingerprint density at radius 2 is 1.70 bits per heavy atom. The van der Waals surface area contributed by atoms with Crippen molar-refractivity contribution in [2.24, 2.45) is 7.05 Å². The molecule has 0 saturated carbocycles. The molecule has 0 radical (unpaired) electrons. The molecule has 6 nitrogen and oxygen atoms in total. The number of rotatable bonds is 6. The molecule has 0 N–H and O–H groups in total. The van der Waals surface area contributed by atoms with Gasteiger partial charge in [-0.2, -0.15) is 5.10 Å². The van der Waals surface area contributed by atoms with Gasteiger partial charge in [0.15, 0.2) is 0 Å². The highest BCUT2D eigenvalue weighted by atomic mass is 19.1. The lowest BCUT2D eigenvalue weighted by Gasteiger charge is -2.14. The second-order valence-corrected chi connectivity index (χ2v) is 6.47. The summed E-state index contributed by atoms with van der Waals surface area (Å²) < 4.78 is 39.3. The summed E-state index contributed by atoms with van der Waals surface area (Å²) in [5.41, 5.74) is 1.60. The van der Waals surface area contributed by atoms with E-state index in [1.54, 1.807) is 54.6 Å². The van der Waals surface area contributed by atoms with Crippen LogP contribution in [0.25, 0.3) is 16.8 Å². The first kappa shape index (κ1) is 19.4. The van der Waals surface area contributed by atoms with Crippen molar-refractivity contribution in [2.75, 3.05) is 6.86 Å². The lowest BCUT2D eigenvalue weighted by Crippen LogP contribution is -2.17. The van der Waals surface area contributed by atoms with Gasteiger partial charge < -0.3 is 9.47 Å². The predicted octanol–water partition coefficient (Wildman–Crippen LogP) is 4.48. The van der Waals surface area contributed by atoms with Crippen LogP contribution in [0.15, 0.2) is 78.0 Å². The maximum atomic E-state index is 13.2. The molecule has 0 atom stereocenters. The molecule has 4 aromatic rings. The fourth-order valence-electron chi connectivity index (χ4n) is 2.97. The molecular formula is C22H17F2N3O3. The van der Waals surface area contributed by atoms with E-state index < -0.39 is 6.86 Å². The lowest BCUT2D eigenvalue weighted by atomic mass is 10.1. The largest absolute Gasteiger partial charge is 0.463 e. The van der Waals surface area contributed by atoms with Gasteiger partial charge in [-0.15, -0.1) is 0 Å². The number of aromatic nitrogens is 3. The fraction of sp³-hybridized carbons (Fsp3) is 0.0909. The standard InChI is InChI=1S/C22H17F2N3O3/c1-26-12-15(11-25-26)20-13-27(17-4-8-18(9-5-17)29-14-23)22(28)10-21(20)30-19-6-2-16(24)3-7-19/h2-13H,14H2,1H3. The lowest BCUT2D eigenvalue weighted by molar-refractivity contribution is 0.192. The molecule has 30 heavy (non-hydrogen) atoms. The Hall–Kier alpha value is -3.94. The Bertz CT molecular complexity index is 1220. The molecule has 0 spiro atoms. The SMILES string of the molecule is Cn1cc(-c2cn(-c3ccc(OCF)cc3)c(=O)cc2Oc2ccc(F)cc2)cn1. The van der Waals surface area contributed by atoms with Crippen LogP contribution in [0.5, 0.6) is 17.2 Å². The molecule has 0 amide bonds. The first-order chi connectivity index (χ1) is 14.5. The van der Waals surface area contributed by atoms with E-state index in [-0.39, 0.29) is 11.4 Å². The molecule has 0 unspecified atom stereocenters. The van der Waals surface area contributed by atoms with E-state index in [1.165, 1.54) is 34.9 Å². The van der Waals surface area contributed by atoms with Gasteiger partial charge in [0, 0.05) is 42.3 Å². The average molecular weight is 409 g/mol. The molecule has 2 heterocycles. The van der Waals surface area contributed by atoms with Crippen molar-refractivity contribution in [2.45, 2.75) is 0 Å². The molecule has 0 saturated heterocycles. The average Bonchev–Trinajstić information content (AvgIpc) is 3.17. The number of ether oxygens (including phenoxy) is 2. The number of nitrogens with zero attached hydrogens (tertiary/aromatic N) is 3. The number of aryl methyl sites for hydroxylation is 1. The Labute approximate surface area is 170 Å². The molecule has 2 aromatic heterocycles. The van der Waals surface area contributed by atoms with E-state index >= 15 is 0 Å². The predicted molar refractivity (Wildman–Crippen MR) is 107 cm³/mol. The van der Waals surface area contributed by atoms with Gasteiger partial charge in [0.1, 0.15) is 23.1 Å². The number of alkyl halides is 1. The van der Waals surface area contributed by atoms with Crippen LogP contribution in [0.2, 0.25) is 0 Å². The van der Waals surface area contributed by atoms with E-state index in [0.29, 0.717) is 28.5 Å². The quantitative estimate of drug-likeness (QED) is 0.471. The van der Waals surface area contributed by atoms with Gasteiger partial charge >= 0.3 is 0 Å². The van der Waals surface area contributed by atoms with Crippen LogP contribution in [0, 0.1) is 5.82 Å². The maximum absolute atomic E-state index is 13.2. The minimum atomic E-state index is -0.931. The van der Waals surface area contributed by atoms with Gasteiger partial charge in [-0.25, -0.2) is 8.78 Å². The zero-order valence-corrected chi connectivity index (χ0v) is 16.0. The Balaban J connectivity index is 1.79. The van der Waals surface area contributed by atoms with Gasteiger partial charge in [0.25, 0.3) is 5.56 Å². The summed E-state index contributed by atoms with van der Waals surface area (Å²) in [6.45, 7) is -0.931. The molecule has 0 aliphatic carbocycles. The Kier molecular flexibility index (Phi) is 5.30. The zero-order valence-electron chi connectivity index (χ0n) is 16.0. The highest BCUT2D eigenvalue weighted by molar-refractivity contribution is 5.69. The van der Waals surface area contributed by atoms with Crippen molar-refractivity contribution in [3.8, 4) is 34.1 Å². The van der Waals surface area contributed by atoms with E-state index in [1.807, 2.05) is 0 Å². The Morgan fingerprint density at radius 1 is 1.00 bits per heavy atom. The summed E-state index contributed by atoms with van der Waals surface area (Å²) in [6, 6.07) is 13.3. The van der Waals surface area contributed by atoms with Crippen LogP contribution in [-0.4, -0.2) is 21.2 Å². The minimum Gasteiger partial charge on any atom is -0.463 e. The molecule has 0 bridgehead atoms. The second-order valence-electron chi connectivity index (χ2n) is 6.47. The van der Waals surface area contributed by atoms with Crippen molar-refractivity contribution in [1.82, 2.24) is 14.3 Å². The molecule has 0 fully saturated rings. The smallest absolute Gasteiger partial charge is 0.258 e. The zero-order chi connectivity index (χ0) is 21.1. The molecule has 0 aliphatic rings. The monoisotopic (exact) mass is 409 g/mol. The van der Waals surface area contributed by atoms with Crippen molar-refractivity contribution in [3.63, 3.8) is 0 Å². The van der Waals surface area contributed by atoms with Crippen LogP contribution in [-0.2, 0) is 7.05 Å². The van der Waals surface area contributed by atoms with Gasteiger partial charge in [-0.1, -0.05) is 0 Å². The summed E-state index contributed by atoms with van der Waals surface area (Å²) in [4.78, 5) is 12.8. The van der Waals surface area contributed by atoms with Crippen LogP contribution < -0.4 is 15.0 Å². The van der Waals surface area contributed by atoms with Crippen LogP contribution in [0.4, 0.5) is 8.78 Å². The third kappa shape index (κ3) is 4.07. The first-order valence-electron chi connectivity index (χ1n) is 9.02. The van der Waals surface area contributed by atoms with Gasteiger partial charge in [-0.05, 0) is 48.5 Å². The molecule has 4 rings (SSSR count). The number of pyridine rings is 1. The summed E-state index contributed by atoms with van der Waals surface area (Å²) >= 11 is 0. The number of hydrogen-bond donors (Lipinski definition) is 0. The van der Waals surface area contributed by atoms with Crippen molar-refractivity contribution in [3.05, 3.63) is 89.4 Å². The number of hydrogen-bond acceptors (Lipinski definition) is 4. The summed E-state index contributed by atoms with van der Waals surface area (Å²) in [5, 5.41) is 4.18. The van der Waals surface area contributed by atoms with Crippen LogP contribution in [0.1, 0.15) is 0 Å². The number of benzene rings is 2. The van der Waals surface area contributed by atoms with Crippen LogP contribution >= 0.6 is 0 Å². The molecule has 2 aromatic carbocycles. The van der Waals surface area contributed by atoms with E-state index in [0.717, 1.165) is 5.56 Å². The highest BCUT2D eigenvalue weighted by Gasteiger charge is 2.14. The fourth-order valence-corrected chi connectivity index (χ4v) is 2.97. The Morgan fingerprint density at radius 3 is 2.33 bits per heavy atom. The third-order valence-corrected chi connectivity index (χ3v) is 4.41. The van der Waals surface area contributed by atoms with Crippen molar-refractivity contribution < 1.29 is 18.3 Å². The normalized spacial score (nSPS) is 10.8. The first-order valence-corrected chi connectivity index (χ1v) is 9.02. The second kappa shape index (κ2) is 8.20. The molecule has 8 heteroatoms. The van der Waals surface area contributed by atoms with Crippen molar-refractivity contribution in [1.29, 1.82) is 0 Å². The van der Waals surface area contributed by atoms with Crippen molar-refractivity contribution >= 4 is 0 Å². The van der Waals surface area contributed by atoms with Crippen LogP contribution in [0.3, 0.4) is 0 Å². The summed E-state index contributed by atoms with van der Waals surface area (Å²) in [5.74, 6) is 0.683. The summed E-state index contributed by atoms with van der Waals surface area (Å²) in [7, 11) is 1.78. The van der Waals surface area contributed by atoms with E-state index in [2.05, 4.69) is 5.10 Å². The summed E-state index contributed by atoms with van der Waals surface area (Å²) in [6.07, 6.45) is 5.09. The molecule has 0 aliphatic heterocycles. The minimum absolute atomic E-state index is 0.313. The van der Waals surface area contributed by atoms with E-state index in [9.17, 15) is 13.6 Å². The maximum Gasteiger partial charge on any atom is 0.258 e.